The standard InChI is InChI=1S/C16H14BrF3N2O/c1-10-12(7-8-14(21-10)16(18,19)20)15(23)22(2)9-11-5-3-4-6-13(11)17/h3-8H,9H2,1-2H3. The minimum Gasteiger partial charge on any atom is -0.337 e. The van der Waals surface area contributed by atoms with E-state index in [1.54, 1.807) is 7.05 Å². The van der Waals surface area contributed by atoms with Crippen molar-refractivity contribution in [1.29, 1.82) is 0 Å². The largest absolute Gasteiger partial charge is 0.433 e. The molecule has 1 amide bonds. The van der Waals surface area contributed by atoms with Gasteiger partial charge in [-0.25, -0.2) is 4.98 Å². The van der Waals surface area contributed by atoms with E-state index in [0.29, 0.717) is 6.54 Å². The van der Waals surface area contributed by atoms with E-state index in [2.05, 4.69) is 20.9 Å². The summed E-state index contributed by atoms with van der Waals surface area (Å²) in [4.78, 5) is 17.4. The first-order valence-electron chi connectivity index (χ1n) is 6.74. The highest BCUT2D eigenvalue weighted by Gasteiger charge is 2.33. The van der Waals surface area contributed by atoms with Gasteiger partial charge in [0, 0.05) is 18.1 Å². The van der Waals surface area contributed by atoms with Crippen molar-refractivity contribution in [2.24, 2.45) is 0 Å². The fraction of sp³-hybridized carbons (Fsp3) is 0.250. The lowest BCUT2D eigenvalue weighted by atomic mass is 10.1. The van der Waals surface area contributed by atoms with Crippen molar-refractivity contribution < 1.29 is 18.0 Å². The fourth-order valence-electron chi connectivity index (χ4n) is 2.10. The molecule has 0 saturated carbocycles. The molecule has 0 unspecified atom stereocenters. The number of alkyl halides is 3. The van der Waals surface area contributed by atoms with Crippen molar-refractivity contribution in [1.82, 2.24) is 9.88 Å². The summed E-state index contributed by atoms with van der Waals surface area (Å²) in [5.74, 6) is -0.375. The number of nitrogens with zero attached hydrogens (tertiary/aromatic N) is 2. The molecule has 122 valence electrons. The van der Waals surface area contributed by atoms with E-state index in [1.165, 1.54) is 17.9 Å². The molecule has 0 aliphatic heterocycles. The molecule has 1 aromatic heterocycles. The molecule has 0 aliphatic carbocycles. The van der Waals surface area contributed by atoms with Crippen LogP contribution >= 0.6 is 15.9 Å². The van der Waals surface area contributed by atoms with Gasteiger partial charge < -0.3 is 4.90 Å². The van der Waals surface area contributed by atoms with Gasteiger partial charge in [0.2, 0.25) is 0 Å². The number of benzene rings is 1. The molecule has 0 saturated heterocycles. The van der Waals surface area contributed by atoms with Crippen molar-refractivity contribution in [2.45, 2.75) is 19.6 Å². The maximum atomic E-state index is 12.6. The molecule has 0 radical (unpaired) electrons. The fourth-order valence-corrected chi connectivity index (χ4v) is 2.51. The molecule has 0 bridgehead atoms. The second-order valence-electron chi connectivity index (χ2n) is 5.08. The van der Waals surface area contributed by atoms with Crippen LogP contribution in [0, 0.1) is 6.92 Å². The Labute approximate surface area is 140 Å². The number of carbonyl (C=O) groups is 1. The average Bonchev–Trinajstić information content (AvgIpc) is 2.48. The van der Waals surface area contributed by atoms with Gasteiger partial charge in [0.05, 0.1) is 11.3 Å². The smallest absolute Gasteiger partial charge is 0.337 e. The van der Waals surface area contributed by atoms with E-state index in [-0.39, 0.29) is 17.2 Å². The van der Waals surface area contributed by atoms with Crippen LogP contribution in [0.4, 0.5) is 13.2 Å². The zero-order valence-corrected chi connectivity index (χ0v) is 14.1. The average molecular weight is 387 g/mol. The lowest BCUT2D eigenvalue weighted by molar-refractivity contribution is -0.141. The van der Waals surface area contributed by atoms with Gasteiger partial charge in [0.15, 0.2) is 0 Å². The zero-order valence-electron chi connectivity index (χ0n) is 12.5. The Morgan fingerprint density at radius 3 is 2.43 bits per heavy atom. The van der Waals surface area contributed by atoms with Crippen molar-refractivity contribution in [2.75, 3.05) is 7.05 Å². The first-order valence-corrected chi connectivity index (χ1v) is 7.53. The molecule has 1 aromatic carbocycles. The van der Waals surface area contributed by atoms with E-state index >= 15 is 0 Å². The zero-order chi connectivity index (χ0) is 17.2. The molecule has 3 nitrogen and oxygen atoms in total. The molecular formula is C16H14BrF3N2O. The molecule has 1 heterocycles. The summed E-state index contributed by atoms with van der Waals surface area (Å²) in [5.41, 5.74) is 0.122. The van der Waals surface area contributed by atoms with Gasteiger partial charge in [-0.15, -0.1) is 0 Å². The van der Waals surface area contributed by atoms with E-state index in [9.17, 15) is 18.0 Å². The minimum atomic E-state index is -4.52. The van der Waals surface area contributed by atoms with E-state index in [4.69, 9.17) is 0 Å². The molecular weight excluding hydrogens is 373 g/mol. The third-order valence-corrected chi connectivity index (χ3v) is 4.09. The van der Waals surface area contributed by atoms with E-state index in [1.807, 2.05) is 24.3 Å². The summed E-state index contributed by atoms with van der Waals surface area (Å²) in [6.07, 6.45) is -4.52. The van der Waals surface area contributed by atoms with Gasteiger partial charge in [0.1, 0.15) is 5.69 Å². The predicted octanol–water partition coefficient (Wildman–Crippen LogP) is 4.44. The molecule has 23 heavy (non-hydrogen) atoms. The Bertz CT molecular complexity index is 732. The molecule has 2 rings (SSSR count). The summed E-state index contributed by atoms with van der Waals surface area (Å²) in [6, 6.07) is 9.43. The van der Waals surface area contributed by atoms with Crippen LogP contribution in [-0.4, -0.2) is 22.8 Å². The highest BCUT2D eigenvalue weighted by molar-refractivity contribution is 9.10. The number of hydrogen-bond donors (Lipinski definition) is 0. The number of pyridine rings is 1. The number of rotatable bonds is 3. The van der Waals surface area contributed by atoms with Crippen LogP contribution in [0.3, 0.4) is 0 Å². The quantitative estimate of drug-likeness (QED) is 0.780. The third-order valence-electron chi connectivity index (χ3n) is 3.32. The van der Waals surface area contributed by atoms with E-state index < -0.39 is 11.9 Å². The molecule has 0 N–H and O–H groups in total. The monoisotopic (exact) mass is 386 g/mol. The van der Waals surface area contributed by atoms with Crippen LogP contribution in [0.15, 0.2) is 40.9 Å². The van der Waals surface area contributed by atoms with Crippen molar-refractivity contribution >= 4 is 21.8 Å². The van der Waals surface area contributed by atoms with Crippen molar-refractivity contribution in [3.8, 4) is 0 Å². The molecule has 0 atom stereocenters. The van der Waals surface area contributed by atoms with E-state index in [0.717, 1.165) is 16.1 Å². The predicted molar refractivity (Wildman–Crippen MR) is 83.9 cm³/mol. The number of carbonyl (C=O) groups excluding carboxylic acids is 1. The van der Waals surface area contributed by atoms with Crippen molar-refractivity contribution in [3.63, 3.8) is 0 Å². The summed E-state index contributed by atoms with van der Waals surface area (Å²) in [7, 11) is 1.60. The molecule has 0 aliphatic rings. The van der Waals surface area contributed by atoms with Crippen LogP contribution in [-0.2, 0) is 12.7 Å². The van der Waals surface area contributed by atoms with Gasteiger partial charge in [0.25, 0.3) is 5.91 Å². The van der Waals surface area contributed by atoms with Crippen LogP contribution < -0.4 is 0 Å². The highest BCUT2D eigenvalue weighted by atomic mass is 79.9. The molecule has 0 fully saturated rings. The Balaban J connectivity index is 2.22. The number of amides is 1. The molecule has 2 aromatic rings. The highest BCUT2D eigenvalue weighted by Crippen LogP contribution is 2.28. The molecule has 7 heteroatoms. The maximum Gasteiger partial charge on any atom is 0.433 e. The summed E-state index contributed by atoms with van der Waals surface area (Å²) < 4.78 is 38.7. The van der Waals surface area contributed by atoms with Crippen LogP contribution in [0.5, 0.6) is 0 Å². The van der Waals surface area contributed by atoms with Crippen molar-refractivity contribution in [3.05, 3.63) is 63.4 Å². The Hall–Kier alpha value is -1.89. The minimum absolute atomic E-state index is 0.0591. The lowest BCUT2D eigenvalue weighted by Crippen LogP contribution is -2.27. The van der Waals surface area contributed by atoms with Gasteiger partial charge in [-0.3, -0.25) is 4.79 Å². The normalized spacial score (nSPS) is 11.4. The second-order valence-corrected chi connectivity index (χ2v) is 5.93. The van der Waals surface area contributed by atoms with Gasteiger partial charge in [-0.1, -0.05) is 34.1 Å². The third kappa shape index (κ3) is 4.10. The van der Waals surface area contributed by atoms with Gasteiger partial charge in [-0.05, 0) is 30.7 Å². The Kier molecular flexibility index (Phi) is 5.09. The summed E-state index contributed by atoms with van der Waals surface area (Å²) in [5, 5.41) is 0. The van der Waals surface area contributed by atoms with Gasteiger partial charge >= 0.3 is 6.18 Å². The summed E-state index contributed by atoms with van der Waals surface area (Å²) in [6.45, 7) is 1.73. The summed E-state index contributed by atoms with van der Waals surface area (Å²) >= 11 is 3.40. The first kappa shape index (κ1) is 17.5. The SMILES string of the molecule is Cc1nc(C(F)(F)F)ccc1C(=O)N(C)Cc1ccccc1Br. The topological polar surface area (TPSA) is 33.2 Å². The number of aryl methyl sites for hydroxylation is 1. The number of aromatic nitrogens is 1. The van der Waals surface area contributed by atoms with Crippen LogP contribution in [0.25, 0.3) is 0 Å². The second kappa shape index (κ2) is 6.70. The Morgan fingerprint density at radius 2 is 1.87 bits per heavy atom. The number of hydrogen-bond acceptors (Lipinski definition) is 2. The lowest BCUT2D eigenvalue weighted by Gasteiger charge is -2.19. The van der Waals surface area contributed by atoms with Crippen LogP contribution in [0.2, 0.25) is 0 Å². The van der Waals surface area contributed by atoms with Gasteiger partial charge in [-0.2, -0.15) is 13.2 Å². The number of halogens is 4. The molecule has 0 spiro atoms. The van der Waals surface area contributed by atoms with Crippen LogP contribution in [0.1, 0.15) is 27.3 Å². The Morgan fingerprint density at radius 1 is 1.22 bits per heavy atom. The maximum absolute atomic E-state index is 12.6. The first-order chi connectivity index (χ1) is 10.7.